The molecule has 1 aliphatic heterocycles. The van der Waals surface area contributed by atoms with Crippen LogP contribution in [0.15, 0.2) is 72.8 Å². The number of epoxide rings is 1. The van der Waals surface area contributed by atoms with E-state index in [1.807, 2.05) is 28.9 Å². The lowest BCUT2D eigenvalue weighted by molar-refractivity contribution is 0.234. The van der Waals surface area contributed by atoms with Crippen molar-refractivity contribution in [1.29, 1.82) is 0 Å². The fourth-order valence-corrected chi connectivity index (χ4v) is 4.05. The Labute approximate surface area is 158 Å². The fraction of sp³-hybridized carbons (Fsp3) is 0.217. The molecule has 0 amide bonds. The second-order valence-corrected chi connectivity index (χ2v) is 7.33. The Kier molecular flexibility index (Phi) is 3.62. The smallest absolute Gasteiger partial charge is 0.143 e. The molecular formula is C23H21N3O. The largest absolute Gasteiger partial charge is 0.362 e. The summed E-state index contributed by atoms with van der Waals surface area (Å²) in [5.41, 5.74) is 6.38. The van der Waals surface area contributed by atoms with E-state index in [1.54, 1.807) is 0 Å². The molecule has 27 heavy (non-hydrogen) atoms. The number of fused-ring (bicyclic) bond motifs is 1. The van der Waals surface area contributed by atoms with Gasteiger partial charge in [0.1, 0.15) is 17.2 Å². The van der Waals surface area contributed by atoms with Gasteiger partial charge in [-0.3, -0.25) is 0 Å². The van der Waals surface area contributed by atoms with Crippen molar-refractivity contribution in [2.75, 3.05) is 6.61 Å². The monoisotopic (exact) mass is 355 g/mol. The molecule has 1 fully saturated rings. The van der Waals surface area contributed by atoms with Crippen LogP contribution in [0.4, 0.5) is 0 Å². The third-order valence-electron chi connectivity index (χ3n) is 5.48. The van der Waals surface area contributed by atoms with Crippen molar-refractivity contribution in [2.24, 2.45) is 0 Å². The molecule has 1 saturated heterocycles. The molecule has 1 aliphatic rings. The number of para-hydroxylation sites is 1. The van der Waals surface area contributed by atoms with Crippen LogP contribution in [-0.2, 0) is 10.3 Å². The highest BCUT2D eigenvalue weighted by molar-refractivity contribution is 5.74. The molecule has 0 aliphatic carbocycles. The Bertz CT molecular complexity index is 1110. The van der Waals surface area contributed by atoms with Gasteiger partial charge in [0.05, 0.1) is 12.1 Å². The Balaban J connectivity index is 1.76. The Morgan fingerprint density at radius 3 is 2.48 bits per heavy atom. The summed E-state index contributed by atoms with van der Waals surface area (Å²) in [6.45, 7) is 4.95. The first-order valence-corrected chi connectivity index (χ1v) is 9.26. The van der Waals surface area contributed by atoms with Crippen molar-refractivity contribution >= 4 is 11.0 Å². The molecule has 2 heterocycles. The molecule has 4 aromatic rings. The summed E-state index contributed by atoms with van der Waals surface area (Å²) in [4.78, 5) is 0. The summed E-state index contributed by atoms with van der Waals surface area (Å²) in [7, 11) is 0. The van der Waals surface area contributed by atoms with Gasteiger partial charge in [0.25, 0.3) is 0 Å². The minimum atomic E-state index is -0.423. The lowest BCUT2D eigenvalue weighted by Crippen LogP contribution is -2.28. The quantitative estimate of drug-likeness (QED) is 0.504. The highest BCUT2D eigenvalue weighted by Crippen LogP contribution is 2.52. The van der Waals surface area contributed by atoms with E-state index in [1.165, 1.54) is 22.3 Å². The van der Waals surface area contributed by atoms with Crippen LogP contribution in [0, 0.1) is 13.8 Å². The van der Waals surface area contributed by atoms with E-state index < -0.39 is 5.60 Å². The van der Waals surface area contributed by atoms with Crippen molar-refractivity contribution in [3.05, 3.63) is 95.1 Å². The van der Waals surface area contributed by atoms with Crippen LogP contribution in [0.5, 0.6) is 0 Å². The molecule has 2 atom stereocenters. The minimum absolute atomic E-state index is 0.0772. The molecule has 0 N–H and O–H groups in total. The van der Waals surface area contributed by atoms with Gasteiger partial charge in [-0.05, 0) is 42.7 Å². The van der Waals surface area contributed by atoms with E-state index in [0.717, 1.165) is 11.0 Å². The number of aryl methyl sites for hydroxylation is 2. The van der Waals surface area contributed by atoms with E-state index in [2.05, 4.69) is 72.7 Å². The summed E-state index contributed by atoms with van der Waals surface area (Å²) in [6, 6.07) is 25.1. The Morgan fingerprint density at radius 2 is 1.70 bits per heavy atom. The molecule has 4 nitrogen and oxygen atoms in total. The number of rotatable bonds is 4. The van der Waals surface area contributed by atoms with Crippen LogP contribution >= 0.6 is 0 Å². The highest BCUT2D eigenvalue weighted by atomic mass is 16.6. The standard InChI is InChI=1S/C23H21N3O/c1-16-12-13-17(2)19(14-16)23(15-27-23)22(18-8-4-3-5-9-18)26-21-11-7-6-10-20(21)24-25-26/h3-14,22H,15H2,1-2H3/t22-,23-/m0/s1. The van der Waals surface area contributed by atoms with Crippen molar-refractivity contribution in [2.45, 2.75) is 25.5 Å². The number of benzene rings is 3. The average Bonchev–Trinajstić information content (AvgIpc) is 3.38. The number of hydrogen-bond donors (Lipinski definition) is 0. The van der Waals surface area contributed by atoms with Crippen LogP contribution in [0.3, 0.4) is 0 Å². The van der Waals surface area contributed by atoms with Crippen LogP contribution in [0.2, 0.25) is 0 Å². The van der Waals surface area contributed by atoms with E-state index in [9.17, 15) is 0 Å². The lowest BCUT2D eigenvalue weighted by Gasteiger charge is -2.27. The zero-order valence-electron chi connectivity index (χ0n) is 15.5. The van der Waals surface area contributed by atoms with E-state index in [4.69, 9.17) is 4.74 Å². The highest BCUT2D eigenvalue weighted by Gasteiger charge is 2.56. The first-order chi connectivity index (χ1) is 13.2. The van der Waals surface area contributed by atoms with Crippen LogP contribution in [-0.4, -0.2) is 21.6 Å². The van der Waals surface area contributed by atoms with Crippen LogP contribution < -0.4 is 0 Å². The van der Waals surface area contributed by atoms with Gasteiger partial charge >= 0.3 is 0 Å². The first-order valence-electron chi connectivity index (χ1n) is 9.26. The molecule has 1 aromatic heterocycles. The lowest BCUT2D eigenvalue weighted by atomic mass is 9.84. The van der Waals surface area contributed by atoms with Gasteiger partial charge in [-0.15, -0.1) is 5.10 Å². The predicted octanol–water partition coefficient (Wildman–Crippen LogP) is 4.56. The average molecular weight is 355 g/mol. The van der Waals surface area contributed by atoms with Gasteiger partial charge in [-0.1, -0.05) is 71.4 Å². The summed E-state index contributed by atoms with van der Waals surface area (Å²) in [6.07, 6.45) is 0. The summed E-state index contributed by atoms with van der Waals surface area (Å²) in [5, 5.41) is 8.94. The number of nitrogens with zero attached hydrogens (tertiary/aromatic N) is 3. The van der Waals surface area contributed by atoms with Crippen molar-refractivity contribution in [3.8, 4) is 0 Å². The summed E-state index contributed by atoms with van der Waals surface area (Å²) >= 11 is 0. The first kappa shape index (κ1) is 16.2. The van der Waals surface area contributed by atoms with Gasteiger partial charge in [0.2, 0.25) is 0 Å². The molecule has 0 unspecified atom stereocenters. The SMILES string of the molecule is Cc1ccc(C)c([C@]2([C@H](c3ccccc3)n3nnc4ccccc43)CO2)c1. The van der Waals surface area contributed by atoms with Crippen molar-refractivity contribution in [3.63, 3.8) is 0 Å². The number of hydrogen-bond acceptors (Lipinski definition) is 3. The van der Waals surface area contributed by atoms with E-state index in [-0.39, 0.29) is 6.04 Å². The van der Waals surface area contributed by atoms with Crippen LogP contribution in [0.1, 0.15) is 28.3 Å². The van der Waals surface area contributed by atoms with Gasteiger partial charge in [-0.25, -0.2) is 4.68 Å². The third kappa shape index (κ3) is 2.56. The minimum Gasteiger partial charge on any atom is -0.362 e. The Morgan fingerprint density at radius 1 is 0.963 bits per heavy atom. The van der Waals surface area contributed by atoms with Crippen molar-refractivity contribution in [1.82, 2.24) is 15.0 Å². The summed E-state index contributed by atoms with van der Waals surface area (Å²) in [5.74, 6) is 0. The van der Waals surface area contributed by atoms with E-state index >= 15 is 0 Å². The van der Waals surface area contributed by atoms with Gasteiger partial charge in [0, 0.05) is 0 Å². The number of ether oxygens (including phenoxy) is 1. The second kappa shape index (κ2) is 6.03. The molecule has 3 aromatic carbocycles. The summed E-state index contributed by atoms with van der Waals surface area (Å²) < 4.78 is 8.25. The number of aromatic nitrogens is 3. The molecule has 0 radical (unpaired) electrons. The topological polar surface area (TPSA) is 43.2 Å². The van der Waals surface area contributed by atoms with Gasteiger partial charge in [-0.2, -0.15) is 0 Å². The molecule has 134 valence electrons. The molecule has 0 bridgehead atoms. The molecule has 4 heteroatoms. The van der Waals surface area contributed by atoms with Gasteiger partial charge < -0.3 is 4.74 Å². The predicted molar refractivity (Wildman–Crippen MR) is 106 cm³/mol. The molecule has 0 saturated carbocycles. The Hall–Kier alpha value is -2.98. The van der Waals surface area contributed by atoms with E-state index in [0.29, 0.717) is 6.61 Å². The maximum atomic E-state index is 6.22. The molecule has 5 rings (SSSR count). The molecular weight excluding hydrogens is 334 g/mol. The normalized spacial score (nSPS) is 19.9. The zero-order valence-corrected chi connectivity index (χ0v) is 15.5. The van der Waals surface area contributed by atoms with Crippen LogP contribution in [0.25, 0.3) is 11.0 Å². The van der Waals surface area contributed by atoms with Gasteiger partial charge in [0.15, 0.2) is 0 Å². The molecule has 0 spiro atoms. The third-order valence-corrected chi connectivity index (χ3v) is 5.48. The van der Waals surface area contributed by atoms with Crippen molar-refractivity contribution < 1.29 is 4.74 Å². The zero-order chi connectivity index (χ0) is 18.4. The second-order valence-electron chi connectivity index (χ2n) is 7.33. The maximum Gasteiger partial charge on any atom is 0.143 e. The fourth-order valence-electron chi connectivity index (χ4n) is 4.05. The maximum absolute atomic E-state index is 6.22.